The van der Waals surface area contributed by atoms with Crippen molar-refractivity contribution in [2.75, 3.05) is 13.1 Å². The van der Waals surface area contributed by atoms with Crippen LogP contribution in [-0.4, -0.2) is 24.7 Å². The van der Waals surface area contributed by atoms with Gasteiger partial charge in [-0.05, 0) is 25.1 Å². The Hall–Kier alpha value is -1.55. The number of hydrogen-bond donors (Lipinski definition) is 2. The molecule has 2 N–H and O–H groups in total. The third-order valence-corrected chi connectivity index (χ3v) is 3.12. The van der Waals surface area contributed by atoms with Crippen molar-refractivity contribution in [3.8, 4) is 5.75 Å². The molecule has 16 heavy (non-hydrogen) atoms. The first-order valence-corrected chi connectivity index (χ1v) is 5.60. The first kappa shape index (κ1) is 9.66. The lowest BCUT2D eigenvalue weighted by Crippen LogP contribution is -2.63. The Labute approximate surface area is 94.0 Å². The molecule has 0 aliphatic carbocycles. The third-order valence-electron chi connectivity index (χ3n) is 3.12. The van der Waals surface area contributed by atoms with Crippen LogP contribution in [0.15, 0.2) is 24.3 Å². The molecule has 2 aliphatic heterocycles. The van der Waals surface area contributed by atoms with Crippen LogP contribution in [-0.2, 0) is 0 Å². The van der Waals surface area contributed by atoms with Crippen LogP contribution in [0.3, 0.4) is 0 Å². The van der Waals surface area contributed by atoms with Gasteiger partial charge in [0.15, 0.2) is 5.72 Å². The number of piperidine rings is 1. The van der Waals surface area contributed by atoms with Gasteiger partial charge in [0.05, 0.1) is 12.1 Å². The highest BCUT2D eigenvalue weighted by Gasteiger charge is 2.40. The van der Waals surface area contributed by atoms with Crippen LogP contribution in [0.5, 0.6) is 5.75 Å². The van der Waals surface area contributed by atoms with E-state index < -0.39 is 5.72 Å². The summed E-state index contributed by atoms with van der Waals surface area (Å²) in [5, 5.41) is 6.22. The van der Waals surface area contributed by atoms with E-state index in [0.29, 0.717) is 17.9 Å². The fourth-order valence-electron chi connectivity index (χ4n) is 2.32. The molecule has 0 bridgehead atoms. The summed E-state index contributed by atoms with van der Waals surface area (Å²) in [6.45, 7) is 1.66. The quantitative estimate of drug-likeness (QED) is 0.680. The zero-order valence-electron chi connectivity index (χ0n) is 8.95. The van der Waals surface area contributed by atoms with Crippen LogP contribution in [0.2, 0.25) is 0 Å². The van der Waals surface area contributed by atoms with Crippen molar-refractivity contribution in [3.63, 3.8) is 0 Å². The van der Waals surface area contributed by atoms with Gasteiger partial charge in [-0.2, -0.15) is 0 Å². The minimum atomic E-state index is -0.538. The second-order valence-corrected chi connectivity index (χ2v) is 4.33. The lowest BCUT2D eigenvalue weighted by molar-refractivity contribution is 0.00140. The second kappa shape index (κ2) is 3.49. The van der Waals surface area contributed by atoms with Crippen molar-refractivity contribution in [2.24, 2.45) is 0 Å². The van der Waals surface area contributed by atoms with Crippen LogP contribution in [0, 0.1) is 0 Å². The van der Waals surface area contributed by atoms with Crippen molar-refractivity contribution in [2.45, 2.75) is 18.6 Å². The standard InChI is InChI=1S/C12H14N2O2/c15-11-9-4-1-2-5-10(9)16-12(14-11)6-3-7-13-8-12/h1-2,4-5,13H,3,6-8H2,(H,14,15). The van der Waals surface area contributed by atoms with E-state index >= 15 is 0 Å². The van der Waals surface area contributed by atoms with Crippen molar-refractivity contribution >= 4 is 5.91 Å². The van der Waals surface area contributed by atoms with Gasteiger partial charge in [-0.1, -0.05) is 12.1 Å². The average molecular weight is 218 g/mol. The second-order valence-electron chi connectivity index (χ2n) is 4.33. The number of nitrogens with one attached hydrogen (secondary N) is 2. The number of fused-ring (bicyclic) bond motifs is 1. The number of amides is 1. The molecule has 1 saturated heterocycles. The van der Waals surface area contributed by atoms with Gasteiger partial charge in [-0.15, -0.1) is 0 Å². The number of ether oxygens (including phenoxy) is 1. The van der Waals surface area contributed by atoms with Crippen LogP contribution in [0.25, 0.3) is 0 Å². The summed E-state index contributed by atoms with van der Waals surface area (Å²) in [5.41, 5.74) is 0.0858. The zero-order chi connectivity index (χ0) is 11.0. The summed E-state index contributed by atoms with van der Waals surface area (Å²) in [6.07, 6.45) is 1.88. The predicted molar refractivity (Wildman–Crippen MR) is 59.4 cm³/mol. The van der Waals surface area contributed by atoms with Gasteiger partial charge in [-0.25, -0.2) is 0 Å². The summed E-state index contributed by atoms with van der Waals surface area (Å²) >= 11 is 0. The van der Waals surface area contributed by atoms with E-state index in [2.05, 4.69) is 10.6 Å². The number of carbonyl (C=O) groups is 1. The average Bonchev–Trinajstić information content (AvgIpc) is 2.30. The largest absolute Gasteiger partial charge is 0.466 e. The molecule has 2 heterocycles. The van der Waals surface area contributed by atoms with Crippen molar-refractivity contribution in [1.29, 1.82) is 0 Å². The summed E-state index contributed by atoms with van der Waals surface area (Å²) < 4.78 is 5.94. The van der Waals surface area contributed by atoms with E-state index in [1.54, 1.807) is 6.07 Å². The highest BCUT2D eigenvalue weighted by Crippen LogP contribution is 2.30. The Morgan fingerprint density at radius 3 is 3.00 bits per heavy atom. The number of para-hydroxylation sites is 1. The number of hydrogen-bond acceptors (Lipinski definition) is 3. The smallest absolute Gasteiger partial charge is 0.258 e. The maximum Gasteiger partial charge on any atom is 0.258 e. The Morgan fingerprint density at radius 1 is 1.31 bits per heavy atom. The van der Waals surface area contributed by atoms with E-state index in [4.69, 9.17) is 4.74 Å². The summed E-state index contributed by atoms with van der Waals surface area (Å²) in [5.74, 6) is 0.653. The van der Waals surface area contributed by atoms with E-state index in [9.17, 15) is 4.79 Å². The molecule has 1 spiro atoms. The molecule has 3 rings (SSSR count). The van der Waals surface area contributed by atoms with Crippen LogP contribution in [0.1, 0.15) is 23.2 Å². The van der Waals surface area contributed by atoms with Crippen molar-refractivity contribution in [3.05, 3.63) is 29.8 Å². The molecule has 84 valence electrons. The summed E-state index contributed by atoms with van der Waals surface area (Å²) in [6, 6.07) is 7.37. The minimum absolute atomic E-state index is 0.0365. The van der Waals surface area contributed by atoms with Crippen molar-refractivity contribution in [1.82, 2.24) is 10.6 Å². The Bertz CT molecular complexity index is 425. The normalized spacial score (nSPS) is 28.1. The molecule has 1 aromatic carbocycles. The maximum atomic E-state index is 11.9. The molecular formula is C12H14N2O2. The van der Waals surface area contributed by atoms with Crippen LogP contribution >= 0.6 is 0 Å². The van der Waals surface area contributed by atoms with E-state index in [0.717, 1.165) is 19.4 Å². The molecule has 1 fully saturated rings. The maximum absolute atomic E-state index is 11.9. The van der Waals surface area contributed by atoms with Gasteiger partial charge in [0, 0.05) is 6.42 Å². The molecule has 1 unspecified atom stereocenters. The molecule has 1 amide bonds. The zero-order valence-corrected chi connectivity index (χ0v) is 8.95. The lowest BCUT2D eigenvalue weighted by Gasteiger charge is -2.41. The topological polar surface area (TPSA) is 50.4 Å². The van der Waals surface area contributed by atoms with Gasteiger partial charge >= 0.3 is 0 Å². The predicted octanol–water partition coefficient (Wildman–Crippen LogP) is 0.888. The van der Waals surface area contributed by atoms with E-state index in [-0.39, 0.29) is 5.91 Å². The van der Waals surface area contributed by atoms with Crippen LogP contribution in [0.4, 0.5) is 0 Å². The molecule has 0 radical (unpaired) electrons. The Morgan fingerprint density at radius 2 is 2.19 bits per heavy atom. The number of rotatable bonds is 0. The lowest BCUT2D eigenvalue weighted by atomic mass is 9.99. The van der Waals surface area contributed by atoms with Gasteiger partial charge in [-0.3, -0.25) is 4.79 Å². The molecular weight excluding hydrogens is 204 g/mol. The molecule has 4 nitrogen and oxygen atoms in total. The summed E-state index contributed by atoms with van der Waals surface area (Å²) in [4.78, 5) is 11.9. The summed E-state index contributed by atoms with van der Waals surface area (Å²) in [7, 11) is 0. The molecule has 1 atom stereocenters. The monoisotopic (exact) mass is 218 g/mol. The van der Waals surface area contributed by atoms with E-state index in [1.165, 1.54) is 0 Å². The van der Waals surface area contributed by atoms with Crippen LogP contribution < -0.4 is 15.4 Å². The fourth-order valence-corrected chi connectivity index (χ4v) is 2.32. The van der Waals surface area contributed by atoms with Gasteiger partial charge < -0.3 is 15.4 Å². The molecule has 0 aromatic heterocycles. The number of benzene rings is 1. The Balaban J connectivity index is 1.96. The first-order valence-electron chi connectivity index (χ1n) is 5.60. The fraction of sp³-hybridized carbons (Fsp3) is 0.417. The van der Waals surface area contributed by atoms with E-state index in [1.807, 2.05) is 18.2 Å². The third kappa shape index (κ3) is 1.46. The number of carbonyl (C=O) groups excluding carboxylic acids is 1. The highest BCUT2D eigenvalue weighted by molar-refractivity contribution is 5.98. The minimum Gasteiger partial charge on any atom is -0.466 e. The molecule has 1 aromatic rings. The molecule has 2 aliphatic rings. The first-order chi connectivity index (χ1) is 7.79. The van der Waals surface area contributed by atoms with Gasteiger partial charge in [0.1, 0.15) is 5.75 Å². The SMILES string of the molecule is O=C1NC2(CCCNC2)Oc2ccccc21. The molecule has 4 heteroatoms. The van der Waals surface area contributed by atoms with Crippen molar-refractivity contribution < 1.29 is 9.53 Å². The van der Waals surface area contributed by atoms with Gasteiger partial charge in [0.2, 0.25) is 0 Å². The van der Waals surface area contributed by atoms with Gasteiger partial charge in [0.25, 0.3) is 5.91 Å². The molecule has 0 saturated carbocycles. The Kier molecular flexibility index (Phi) is 2.11. The highest BCUT2D eigenvalue weighted by atomic mass is 16.5.